The van der Waals surface area contributed by atoms with Gasteiger partial charge in [0.1, 0.15) is 11.5 Å². The Balaban J connectivity index is 1.64. The molecule has 0 atom stereocenters. The number of hydrogen-bond acceptors (Lipinski definition) is 1. The van der Waals surface area contributed by atoms with Gasteiger partial charge in [-0.2, -0.15) is 0 Å². The zero-order valence-electron chi connectivity index (χ0n) is 22.9. The average molecular weight is 535 g/mol. The van der Waals surface area contributed by atoms with Crippen LogP contribution >= 0.6 is 0 Å². The maximum Gasteiger partial charge on any atom is 0.140 e. The minimum atomic E-state index is -0.640. The summed E-state index contributed by atoms with van der Waals surface area (Å²) in [6.07, 6.45) is 0. The lowest BCUT2D eigenvalue weighted by Gasteiger charge is -2.44. The Morgan fingerprint density at radius 1 is 0.286 bits per heavy atom. The zero-order chi connectivity index (χ0) is 27.7. The first-order valence-corrected chi connectivity index (χ1v) is 14.5. The number of rotatable bonds is 2. The predicted octanol–water partition coefficient (Wildman–Crippen LogP) is 10.8. The molecule has 0 saturated heterocycles. The zero-order valence-corrected chi connectivity index (χ0v) is 22.9. The highest BCUT2D eigenvalue weighted by Gasteiger charge is 2.48. The molecular formula is C41H26O. The summed E-state index contributed by atoms with van der Waals surface area (Å²) in [4.78, 5) is 0. The van der Waals surface area contributed by atoms with Crippen LogP contribution in [0, 0.1) is 0 Å². The standard InChI is InChI=1S/C41H26O/c1-3-15-27(16-4-1)41(28-17-5-2-6-18-28)37-33-23-11-7-19-29(33)31-21-9-13-25-35(31)39(37)42-40-36-26-14-10-22-32(36)30-20-8-12-24-34(30)38(40)41/h1-26H. The van der Waals surface area contributed by atoms with Crippen LogP contribution in [0.2, 0.25) is 0 Å². The topological polar surface area (TPSA) is 9.23 Å². The van der Waals surface area contributed by atoms with Gasteiger partial charge in [0.25, 0.3) is 0 Å². The van der Waals surface area contributed by atoms with Crippen LogP contribution in [0.4, 0.5) is 0 Å². The van der Waals surface area contributed by atoms with Gasteiger partial charge in [-0.1, -0.05) is 158 Å². The molecule has 0 bridgehead atoms. The predicted molar refractivity (Wildman–Crippen MR) is 175 cm³/mol. The molecule has 1 heteroatoms. The van der Waals surface area contributed by atoms with Gasteiger partial charge < -0.3 is 4.74 Å². The first kappa shape index (κ1) is 23.3. The fraction of sp³-hybridized carbons (Fsp3) is 0.0244. The number of fused-ring (bicyclic) bond motifs is 12. The Hall–Kier alpha value is -5.40. The van der Waals surface area contributed by atoms with E-state index in [4.69, 9.17) is 4.74 Å². The van der Waals surface area contributed by atoms with Crippen LogP contribution in [0.3, 0.4) is 0 Å². The molecule has 8 aromatic rings. The van der Waals surface area contributed by atoms with Gasteiger partial charge in [0, 0.05) is 21.9 Å². The van der Waals surface area contributed by atoms with Crippen LogP contribution in [0.15, 0.2) is 158 Å². The molecule has 0 aromatic heterocycles. The molecule has 9 rings (SSSR count). The third-order valence-corrected chi connectivity index (χ3v) is 9.14. The van der Waals surface area contributed by atoms with Crippen molar-refractivity contribution in [3.8, 4) is 11.5 Å². The third-order valence-electron chi connectivity index (χ3n) is 9.14. The minimum Gasteiger partial charge on any atom is -0.455 e. The Morgan fingerprint density at radius 3 is 0.952 bits per heavy atom. The summed E-state index contributed by atoms with van der Waals surface area (Å²) in [5, 5.41) is 9.56. The molecule has 0 N–H and O–H groups in total. The summed E-state index contributed by atoms with van der Waals surface area (Å²) in [5.41, 5.74) is 4.20. The average Bonchev–Trinajstić information content (AvgIpc) is 3.08. The summed E-state index contributed by atoms with van der Waals surface area (Å²) >= 11 is 0. The fourth-order valence-corrected chi connectivity index (χ4v) is 7.52. The molecule has 1 aliphatic rings. The van der Waals surface area contributed by atoms with Crippen molar-refractivity contribution in [2.75, 3.05) is 0 Å². The van der Waals surface area contributed by atoms with Gasteiger partial charge in [-0.15, -0.1) is 0 Å². The lowest BCUT2D eigenvalue weighted by molar-refractivity contribution is 0.449. The van der Waals surface area contributed by atoms with Crippen molar-refractivity contribution < 1.29 is 4.74 Å². The summed E-state index contributed by atoms with van der Waals surface area (Å²) in [6, 6.07) is 57.1. The summed E-state index contributed by atoms with van der Waals surface area (Å²) < 4.78 is 7.32. The normalized spacial score (nSPS) is 13.6. The number of ether oxygens (including phenoxy) is 1. The number of hydrogen-bond donors (Lipinski definition) is 0. The van der Waals surface area contributed by atoms with E-state index in [2.05, 4.69) is 158 Å². The lowest BCUT2D eigenvalue weighted by atomic mass is 9.61. The first-order chi connectivity index (χ1) is 20.9. The van der Waals surface area contributed by atoms with Gasteiger partial charge in [-0.25, -0.2) is 0 Å². The van der Waals surface area contributed by atoms with Crippen molar-refractivity contribution in [1.29, 1.82) is 0 Å². The van der Waals surface area contributed by atoms with E-state index in [0.717, 1.165) is 22.3 Å². The Bertz CT molecular complexity index is 2150. The molecule has 0 saturated carbocycles. The minimum absolute atomic E-state index is 0.640. The fourth-order valence-electron chi connectivity index (χ4n) is 7.52. The van der Waals surface area contributed by atoms with Gasteiger partial charge in [0.05, 0.1) is 5.41 Å². The summed E-state index contributed by atoms with van der Waals surface area (Å²) in [7, 11) is 0. The van der Waals surface area contributed by atoms with E-state index in [-0.39, 0.29) is 0 Å². The maximum absolute atomic E-state index is 7.32. The first-order valence-electron chi connectivity index (χ1n) is 14.5. The Morgan fingerprint density at radius 2 is 0.571 bits per heavy atom. The van der Waals surface area contributed by atoms with Gasteiger partial charge in [-0.05, 0) is 43.4 Å². The molecule has 1 nitrogen and oxygen atoms in total. The van der Waals surface area contributed by atoms with E-state index in [0.29, 0.717) is 0 Å². The molecule has 0 aliphatic carbocycles. The van der Waals surface area contributed by atoms with E-state index in [1.54, 1.807) is 0 Å². The molecule has 196 valence electrons. The van der Waals surface area contributed by atoms with Crippen molar-refractivity contribution in [2.24, 2.45) is 0 Å². The largest absolute Gasteiger partial charge is 0.455 e. The molecular weight excluding hydrogens is 508 g/mol. The quantitative estimate of drug-likeness (QED) is 0.200. The molecule has 42 heavy (non-hydrogen) atoms. The van der Waals surface area contributed by atoms with Crippen molar-refractivity contribution in [3.05, 3.63) is 180 Å². The van der Waals surface area contributed by atoms with Crippen molar-refractivity contribution in [2.45, 2.75) is 5.41 Å². The molecule has 0 fully saturated rings. The van der Waals surface area contributed by atoms with Gasteiger partial charge in [0.15, 0.2) is 0 Å². The highest BCUT2D eigenvalue weighted by molar-refractivity contribution is 6.18. The smallest absolute Gasteiger partial charge is 0.140 e. The maximum atomic E-state index is 7.32. The Kier molecular flexibility index (Phi) is 4.88. The van der Waals surface area contributed by atoms with E-state index >= 15 is 0 Å². The van der Waals surface area contributed by atoms with Crippen molar-refractivity contribution in [1.82, 2.24) is 0 Å². The Labute approximate surface area is 244 Å². The molecule has 0 spiro atoms. The van der Waals surface area contributed by atoms with Crippen LogP contribution < -0.4 is 4.74 Å². The van der Waals surface area contributed by atoms with Crippen LogP contribution in [-0.2, 0) is 5.41 Å². The SMILES string of the molecule is c1ccc(C2(c3ccccc3)c3c(c4ccccc4c4ccccc34)Oc3c2c2ccccc2c2ccccc32)cc1. The van der Waals surface area contributed by atoms with E-state index in [1.807, 2.05) is 0 Å². The number of benzene rings is 8. The van der Waals surface area contributed by atoms with E-state index < -0.39 is 5.41 Å². The summed E-state index contributed by atoms with van der Waals surface area (Å²) in [6.45, 7) is 0. The van der Waals surface area contributed by atoms with Crippen LogP contribution in [0.5, 0.6) is 11.5 Å². The molecule has 1 aliphatic heterocycles. The van der Waals surface area contributed by atoms with Crippen molar-refractivity contribution >= 4 is 43.1 Å². The summed E-state index contributed by atoms with van der Waals surface area (Å²) in [5.74, 6) is 1.87. The van der Waals surface area contributed by atoms with Gasteiger partial charge in [-0.3, -0.25) is 0 Å². The molecule has 8 aromatic carbocycles. The third kappa shape index (κ3) is 2.97. The monoisotopic (exact) mass is 534 g/mol. The highest BCUT2D eigenvalue weighted by atomic mass is 16.5. The lowest BCUT2D eigenvalue weighted by Crippen LogP contribution is -2.35. The van der Waals surface area contributed by atoms with E-state index in [1.165, 1.54) is 54.6 Å². The van der Waals surface area contributed by atoms with Gasteiger partial charge >= 0.3 is 0 Å². The molecule has 0 unspecified atom stereocenters. The second-order valence-corrected chi connectivity index (χ2v) is 11.2. The molecule has 0 radical (unpaired) electrons. The van der Waals surface area contributed by atoms with Crippen molar-refractivity contribution in [3.63, 3.8) is 0 Å². The highest BCUT2D eigenvalue weighted by Crippen LogP contribution is 2.62. The van der Waals surface area contributed by atoms with Crippen LogP contribution in [0.25, 0.3) is 43.1 Å². The van der Waals surface area contributed by atoms with Gasteiger partial charge in [0.2, 0.25) is 0 Å². The second kappa shape index (κ2) is 8.80. The van der Waals surface area contributed by atoms with E-state index in [9.17, 15) is 0 Å². The van der Waals surface area contributed by atoms with Crippen LogP contribution in [0.1, 0.15) is 22.3 Å². The molecule has 0 amide bonds. The van der Waals surface area contributed by atoms with Crippen LogP contribution in [-0.4, -0.2) is 0 Å². The molecule has 1 heterocycles. The second-order valence-electron chi connectivity index (χ2n) is 11.2.